The largest absolute Gasteiger partial charge is 0.466 e. The van der Waals surface area contributed by atoms with Crippen LogP contribution in [0.25, 0.3) is 0 Å². The van der Waals surface area contributed by atoms with Crippen molar-refractivity contribution in [1.29, 1.82) is 0 Å². The van der Waals surface area contributed by atoms with E-state index in [2.05, 4.69) is 31.9 Å². The SMILES string of the molecule is CCOC(=O)[C@@H]1C2C(C[C@@H](C(C)=O)C[C@@H]2O)C(Br)C(Br)[C@@H]1C. The number of hydrogen-bond donors (Lipinski definition) is 1. The van der Waals surface area contributed by atoms with E-state index in [1.54, 1.807) is 13.8 Å². The van der Waals surface area contributed by atoms with Crippen molar-refractivity contribution < 1.29 is 19.4 Å². The van der Waals surface area contributed by atoms with Crippen LogP contribution >= 0.6 is 31.9 Å². The zero-order valence-corrected chi connectivity index (χ0v) is 16.3. The van der Waals surface area contributed by atoms with Crippen molar-refractivity contribution >= 4 is 43.6 Å². The minimum absolute atomic E-state index is 0.0632. The molecule has 0 bridgehead atoms. The van der Waals surface area contributed by atoms with Gasteiger partial charge in [-0.05, 0) is 38.5 Å². The van der Waals surface area contributed by atoms with E-state index in [1.807, 2.05) is 6.92 Å². The van der Waals surface area contributed by atoms with Crippen LogP contribution in [-0.4, -0.2) is 39.2 Å². The van der Waals surface area contributed by atoms with E-state index < -0.39 is 6.10 Å². The van der Waals surface area contributed by atoms with Crippen molar-refractivity contribution in [2.45, 2.75) is 49.4 Å². The van der Waals surface area contributed by atoms with Crippen LogP contribution in [0.2, 0.25) is 0 Å². The van der Waals surface area contributed by atoms with Gasteiger partial charge in [0.1, 0.15) is 5.78 Å². The Morgan fingerprint density at radius 2 is 1.86 bits per heavy atom. The molecule has 22 heavy (non-hydrogen) atoms. The number of esters is 1. The molecule has 0 aliphatic heterocycles. The van der Waals surface area contributed by atoms with E-state index in [-0.39, 0.29) is 51.0 Å². The number of ether oxygens (including phenoxy) is 1. The number of carbonyl (C=O) groups is 2. The molecule has 4 unspecified atom stereocenters. The van der Waals surface area contributed by atoms with Gasteiger partial charge in [0.25, 0.3) is 0 Å². The molecule has 8 atom stereocenters. The van der Waals surface area contributed by atoms with Crippen molar-refractivity contribution in [2.75, 3.05) is 6.61 Å². The lowest BCUT2D eigenvalue weighted by atomic mass is 9.58. The molecule has 2 saturated carbocycles. The van der Waals surface area contributed by atoms with Crippen LogP contribution in [0.3, 0.4) is 0 Å². The first-order valence-electron chi connectivity index (χ1n) is 7.92. The molecule has 0 heterocycles. The molecule has 0 aromatic heterocycles. The number of ketones is 1. The number of Topliss-reactive ketones (excluding diaryl/α,β-unsaturated/α-hetero) is 1. The number of carbonyl (C=O) groups excluding carboxylic acids is 2. The van der Waals surface area contributed by atoms with Crippen molar-refractivity contribution in [3.05, 3.63) is 0 Å². The minimum atomic E-state index is -0.635. The molecule has 0 saturated heterocycles. The maximum atomic E-state index is 12.4. The second kappa shape index (κ2) is 7.31. The summed E-state index contributed by atoms with van der Waals surface area (Å²) in [5.74, 6) is -0.550. The molecule has 0 radical (unpaired) electrons. The van der Waals surface area contributed by atoms with Gasteiger partial charge in [-0.1, -0.05) is 38.8 Å². The Bertz CT molecular complexity index is 442. The summed E-state index contributed by atoms with van der Waals surface area (Å²) < 4.78 is 5.25. The number of aliphatic hydroxyl groups excluding tert-OH is 1. The predicted octanol–water partition coefficient (Wildman–Crippen LogP) is 2.93. The van der Waals surface area contributed by atoms with Crippen LogP contribution in [0, 0.1) is 29.6 Å². The zero-order chi connectivity index (χ0) is 16.6. The Morgan fingerprint density at radius 1 is 1.23 bits per heavy atom. The van der Waals surface area contributed by atoms with E-state index in [9.17, 15) is 14.7 Å². The maximum Gasteiger partial charge on any atom is 0.309 e. The second-order valence-corrected chi connectivity index (χ2v) is 8.73. The Morgan fingerprint density at radius 3 is 2.41 bits per heavy atom. The van der Waals surface area contributed by atoms with Gasteiger partial charge in [0.05, 0.1) is 18.6 Å². The lowest BCUT2D eigenvalue weighted by Gasteiger charge is -2.51. The Hall–Kier alpha value is 0.0600. The average Bonchev–Trinajstić information content (AvgIpc) is 2.46. The van der Waals surface area contributed by atoms with Gasteiger partial charge in [-0.15, -0.1) is 0 Å². The minimum Gasteiger partial charge on any atom is -0.466 e. The Kier molecular flexibility index (Phi) is 6.11. The molecule has 2 aliphatic rings. The first-order valence-corrected chi connectivity index (χ1v) is 9.76. The highest BCUT2D eigenvalue weighted by molar-refractivity contribution is 9.12. The van der Waals surface area contributed by atoms with E-state index in [0.29, 0.717) is 13.0 Å². The van der Waals surface area contributed by atoms with E-state index in [0.717, 1.165) is 6.42 Å². The number of hydrogen-bond acceptors (Lipinski definition) is 4. The Balaban J connectivity index is 2.32. The highest BCUT2D eigenvalue weighted by Gasteiger charge is 2.55. The lowest BCUT2D eigenvalue weighted by Crippen LogP contribution is -2.57. The van der Waals surface area contributed by atoms with Crippen LogP contribution < -0.4 is 0 Å². The molecule has 126 valence electrons. The van der Waals surface area contributed by atoms with E-state index >= 15 is 0 Å². The summed E-state index contributed by atoms with van der Waals surface area (Å²) >= 11 is 7.43. The lowest BCUT2D eigenvalue weighted by molar-refractivity contribution is -0.161. The van der Waals surface area contributed by atoms with Crippen LogP contribution in [-0.2, 0) is 14.3 Å². The van der Waals surface area contributed by atoms with Crippen LogP contribution in [0.15, 0.2) is 0 Å². The molecule has 6 heteroatoms. The number of alkyl halides is 2. The summed E-state index contributed by atoms with van der Waals surface area (Å²) in [6.45, 7) is 5.75. The fourth-order valence-electron chi connectivity index (χ4n) is 4.18. The van der Waals surface area contributed by atoms with Crippen molar-refractivity contribution in [3.63, 3.8) is 0 Å². The van der Waals surface area contributed by atoms with Gasteiger partial charge in [-0.25, -0.2) is 0 Å². The molecule has 2 rings (SSSR count). The van der Waals surface area contributed by atoms with Gasteiger partial charge in [0, 0.05) is 21.5 Å². The fourth-order valence-corrected chi connectivity index (χ4v) is 5.95. The molecule has 1 N–H and O–H groups in total. The maximum absolute atomic E-state index is 12.4. The third-order valence-corrected chi connectivity index (χ3v) is 8.71. The van der Waals surface area contributed by atoms with Gasteiger partial charge in [0.2, 0.25) is 0 Å². The third kappa shape index (κ3) is 3.29. The molecule has 0 aromatic carbocycles. The summed E-state index contributed by atoms with van der Waals surface area (Å²) in [6, 6.07) is 0. The number of rotatable bonds is 3. The molecule has 0 amide bonds. The topological polar surface area (TPSA) is 63.6 Å². The molecule has 0 spiro atoms. The average molecular weight is 440 g/mol. The van der Waals surface area contributed by atoms with Crippen LogP contribution in [0.1, 0.15) is 33.6 Å². The standard InChI is InChI=1S/C16H24Br2O4/c1-4-22-16(21)12-7(2)14(17)15(18)10-5-9(8(3)19)6-11(20)13(10)12/h7,9-15,20H,4-6H2,1-3H3/t7-,9-,10?,11+,12+,13?,14?,15?/m1/s1. The summed E-state index contributed by atoms with van der Waals surface area (Å²) in [5, 5.41) is 10.6. The molecular weight excluding hydrogens is 416 g/mol. The Labute approximate surface area is 148 Å². The zero-order valence-electron chi connectivity index (χ0n) is 13.2. The van der Waals surface area contributed by atoms with Crippen LogP contribution in [0.5, 0.6) is 0 Å². The van der Waals surface area contributed by atoms with E-state index in [4.69, 9.17) is 4.74 Å². The monoisotopic (exact) mass is 438 g/mol. The van der Waals surface area contributed by atoms with E-state index in [1.165, 1.54) is 0 Å². The number of halogens is 2. The molecule has 2 aliphatic carbocycles. The van der Waals surface area contributed by atoms with Gasteiger partial charge < -0.3 is 9.84 Å². The highest BCUT2D eigenvalue weighted by atomic mass is 79.9. The quantitative estimate of drug-likeness (QED) is 0.542. The van der Waals surface area contributed by atoms with Gasteiger partial charge in [0.15, 0.2) is 0 Å². The smallest absolute Gasteiger partial charge is 0.309 e. The molecule has 4 nitrogen and oxygen atoms in total. The molecule has 2 fully saturated rings. The summed E-state index contributed by atoms with van der Waals surface area (Å²) in [6.07, 6.45) is 0.535. The van der Waals surface area contributed by atoms with Gasteiger partial charge >= 0.3 is 5.97 Å². The van der Waals surface area contributed by atoms with Gasteiger partial charge in [-0.3, -0.25) is 9.59 Å². The first kappa shape index (κ1) is 18.4. The predicted molar refractivity (Wildman–Crippen MR) is 91.1 cm³/mol. The highest BCUT2D eigenvalue weighted by Crippen LogP contribution is 2.52. The van der Waals surface area contributed by atoms with Crippen molar-refractivity contribution in [1.82, 2.24) is 0 Å². The fraction of sp³-hybridized carbons (Fsp3) is 0.875. The summed E-state index contributed by atoms with van der Waals surface area (Å²) in [5.41, 5.74) is 0. The normalized spacial score (nSPS) is 45.0. The summed E-state index contributed by atoms with van der Waals surface area (Å²) in [7, 11) is 0. The van der Waals surface area contributed by atoms with Crippen LogP contribution in [0.4, 0.5) is 0 Å². The third-order valence-electron chi connectivity index (χ3n) is 5.35. The van der Waals surface area contributed by atoms with Crippen molar-refractivity contribution in [2.24, 2.45) is 29.6 Å². The van der Waals surface area contributed by atoms with Gasteiger partial charge in [-0.2, -0.15) is 0 Å². The molecular formula is C16H24Br2O4. The summed E-state index contributed by atoms with van der Waals surface area (Å²) in [4.78, 5) is 24.4. The number of fused-ring (bicyclic) bond motifs is 1. The second-order valence-electron chi connectivity index (χ2n) is 6.61. The first-order chi connectivity index (χ1) is 10.3. The number of aliphatic hydroxyl groups is 1. The van der Waals surface area contributed by atoms with Crippen molar-refractivity contribution in [3.8, 4) is 0 Å². The molecule has 0 aromatic rings.